The average Bonchev–Trinajstić information content (AvgIpc) is 2.71. The van der Waals surface area contributed by atoms with E-state index in [1.807, 2.05) is 43.3 Å². The fourth-order valence-electron chi connectivity index (χ4n) is 2.63. The summed E-state index contributed by atoms with van der Waals surface area (Å²) in [5, 5.41) is 6.18. The number of rotatable bonds is 6. The molecule has 1 aromatic heterocycles. The second kappa shape index (κ2) is 9.15. The van der Waals surface area contributed by atoms with E-state index in [2.05, 4.69) is 15.6 Å². The van der Waals surface area contributed by atoms with Gasteiger partial charge in [-0.05, 0) is 42.7 Å². The number of nitrogens with zero attached hydrogens (tertiary/aromatic N) is 1. The van der Waals surface area contributed by atoms with E-state index < -0.39 is 0 Å². The highest BCUT2D eigenvalue weighted by molar-refractivity contribution is 6.31. The van der Waals surface area contributed by atoms with Gasteiger partial charge in [-0.1, -0.05) is 48.0 Å². The number of carbonyl (C=O) groups is 2. The summed E-state index contributed by atoms with van der Waals surface area (Å²) in [5.41, 5.74) is 3.29. The minimum absolute atomic E-state index is 0.267. The minimum atomic E-state index is -0.355. The van der Waals surface area contributed by atoms with Gasteiger partial charge in [0, 0.05) is 29.6 Å². The number of halogens is 1. The summed E-state index contributed by atoms with van der Waals surface area (Å²) in [6, 6.07) is 16.7. The first-order chi connectivity index (χ1) is 13.5. The molecule has 0 radical (unpaired) electrons. The zero-order chi connectivity index (χ0) is 19.9. The Kier molecular flexibility index (Phi) is 6.40. The van der Waals surface area contributed by atoms with Gasteiger partial charge in [-0.25, -0.2) is 0 Å². The number of carbonyl (C=O) groups excluding carboxylic acids is 2. The van der Waals surface area contributed by atoms with E-state index in [1.165, 1.54) is 18.5 Å². The molecule has 6 heteroatoms. The van der Waals surface area contributed by atoms with Crippen molar-refractivity contribution in [1.82, 2.24) is 10.3 Å². The molecule has 2 aromatic carbocycles. The summed E-state index contributed by atoms with van der Waals surface area (Å²) in [6.07, 6.45) is 3.59. The van der Waals surface area contributed by atoms with Crippen molar-refractivity contribution in [2.75, 3.05) is 11.9 Å². The van der Waals surface area contributed by atoms with Crippen LogP contribution in [0.25, 0.3) is 0 Å². The maximum atomic E-state index is 12.5. The fraction of sp³-hybridized carbons (Fsp3) is 0.136. The number of anilines is 1. The molecule has 142 valence electrons. The van der Waals surface area contributed by atoms with Crippen LogP contribution in [0.15, 0.2) is 67.0 Å². The van der Waals surface area contributed by atoms with Gasteiger partial charge in [0.05, 0.1) is 11.1 Å². The van der Waals surface area contributed by atoms with Crippen molar-refractivity contribution in [2.24, 2.45) is 0 Å². The largest absolute Gasteiger partial charge is 0.352 e. The molecule has 0 saturated heterocycles. The van der Waals surface area contributed by atoms with Crippen molar-refractivity contribution >= 4 is 29.1 Å². The van der Waals surface area contributed by atoms with Crippen LogP contribution in [-0.2, 0) is 6.42 Å². The van der Waals surface area contributed by atoms with Gasteiger partial charge < -0.3 is 10.6 Å². The molecule has 1 heterocycles. The van der Waals surface area contributed by atoms with Crippen molar-refractivity contribution in [3.05, 3.63) is 94.3 Å². The van der Waals surface area contributed by atoms with Crippen LogP contribution in [0.2, 0.25) is 5.02 Å². The number of amides is 2. The number of aryl methyl sites for hydroxylation is 1. The third kappa shape index (κ3) is 5.18. The molecule has 0 aliphatic carbocycles. The lowest BCUT2D eigenvalue weighted by Crippen LogP contribution is -2.26. The Bertz CT molecular complexity index is 990. The SMILES string of the molecule is Cc1ccc(NC(=O)c2cncc(C(=O)NCCc3ccccc3)c2)cc1Cl. The van der Waals surface area contributed by atoms with E-state index in [-0.39, 0.29) is 11.8 Å². The van der Waals surface area contributed by atoms with Crippen LogP contribution in [0.1, 0.15) is 31.8 Å². The summed E-state index contributed by atoms with van der Waals surface area (Å²) < 4.78 is 0. The Hall–Kier alpha value is -3.18. The van der Waals surface area contributed by atoms with Crippen LogP contribution in [0, 0.1) is 6.92 Å². The number of hydrogen-bond acceptors (Lipinski definition) is 3. The highest BCUT2D eigenvalue weighted by Crippen LogP contribution is 2.20. The van der Waals surface area contributed by atoms with Crippen LogP contribution in [-0.4, -0.2) is 23.3 Å². The monoisotopic (exact) mass is 393 g/mol. The lowest BCUT2D eigenvalue weighted by Gasteiger charge is -2.09. The van der Waals surface area contributed by atoms with E-state index in [9.17, 15) is 9.59 Å². The average molecular weight is 394 g/mol. The topological polar surface area (TPSA) is 71.1 Å². The molecule has 0 aliphatic heterocycles. The number of nitrogens with one attached hydrogen (secondary N) is 2. The lowest BCUT2D eigenvalue weighted by atomic mass is 10.1. The van der Waals surface area contributed by atoms with Gasteiger partial charge in [0.1, 0.15) is 0 Å². The molecule has 5 nitrogen and oxygen atoms in total. The van der Waals surface area contributed by atoms with Gasteiger partial charge in [0.15, 0.2) is 0 Å². The number of hydrogen-bond donors (Lipinski definition) is 2. The molecule has 0 unspecified atom stereocenters. The summed E-state index contributed by atoms with van der Waals surface area (Å²) in [7, 11) is 0. The summed E-state index contributed by atoms with van der Waals surface area (Å²) in [4.78, 5) is 28.8. The summed E-state index contributed by atoms with van der Waals surface area (Å²) >= 11 is 6.09. The third-order valence-electron chi connectivity index (χ3n) is 4.23. The predicted octanol–water partition coefficient (Wildman–Crippen LogP) is 4.27. The molecule has 0 saturated carbocycles. The first-order valence-electron chi connectivity index (χ1n) is 8.87. The van der Waals surface area contributed by atoms with E-state index in [0.29, 0.717) is 28.4 Å². The Balaban J connectivity index is 1.61. The normalized spacial score (nSPS) is 10.4. The fourth-order valence-corrected chi connectivity index (χ4v) is 2.81. The smallest absolute Gasteiger partial charge is 0.257 e. The zero-order valence-electron chi connectivity index (χ0n) is 15.4. The highest BCUT2D eigenvalue weighted by atomic mass is 35.5. The molecule has 0 spiro atoms. The maximum Gasteiger partial charge on any atom is 0.257 e. The van der Waals surface area contributed by atoms with E-state index in [1.54, 1.807) is 12.1 Å². The molecule has 0 atom stereocenters. The van der Waals surface area contributed by atoms with Crippen molar-refractivity contribution in [3.8, 4) is 0 Å². The second-order valence-corrected chi connectivity index (χ2v) is 6.78. The van der Waals surface area contributed by atoms with Gasteiger partial charge in [0.2, 0.25) is 0 Å². The highest BCUT2D eigenvalue weighted by Gasteiger charge is 2.12. The quantitative estimate of drug-likeness (QED) is 0.657. The maximum absolute atomic E-state index is 12.5. The van der Waals surface area contributed by atoms with Crippen molar-refractivity contribution in [3.63, 3.8) is 0 Å². The molecule has 28 heavy (non-hydrogen) atoms. The van der Waals surface area contributed by atoms with E-state index in [4.69, 9.17) is 11.6 Å². The van der Waals surface area contributed by atoms with Crippen LogP contribution in [0.5, 0.6) is 0 Å². The Morgan fingerprint density at radius 2 is 1.68 bits per heavy atom. The van der Waals surface area contributed by atoms with Gasteiger partial charge in [-0.3, -0.25) is 14.6 Å². The molecule has 0 bridgehead atoms. The Morgan fingerprint density at radius 1 is 0.964 bits per heavy atom. The molecule has 2 amide bonds. The third-order valence-corrected chi connectivity index (χ3v) is 4.64. The summed E-state index contributed by atoms with van der Waals surface area (Å²) in [5.74, 6) is -0.622. The standard InChI is InChI=1S/C22H20ClN3O2/c1-15-7-8-19(12-20(15)23)26-22(28)18-11-17(13-24-14-18)21(27)25-10-9-16-5-3-2-4-6-16/h2-8,11-14H,9-10H2,1H3,(H,25,27)(H,26,28). The van der Waals surface area contributed by atoms with Gasteiger partial charge >= 0.3 is 0 Å². The lowest BCUT2D eigenvalue weighted by molar-refractivity contribution is 0.0953. The van der Waals surface area contributed by atoms with Crippen molar-refractivity contribution in [2.45, 2.75) is 13.3 Å². The molecule has 0 fully saturated rings. The Labute approximate surface area is 168 Å². The summed E-state index contributed by atoms with van der Waals surface area (Å²) in [6.45, 7) is 2.39. The molecule has 3 rings (SSSR count). The zero-order valence-corrected chi connectivity index (χ0v) is 16.2. The van der Waals surface area contributed by atoms with E-state index in [0.717, 1.165) is 17.5 Å². The predicted molar refractivity (Wildman–Crippen MR) is 111 cm³/mol. The number of aromatic nitrogens is 1. The van der Waals surface area contributed by atoms with Crippen LogP contribution < -0.4 is 10.6 Å². The van der Waals surface area contributed by atoms with Gasteiger partial charge in [-0.15, -0.1) is 0 Å². The van der Waals surface area contributed by atoms with Crippen LogP contribution in [0.3, 0.4) is 0 Å². The first-order valence-corrected chi connectivity index (χ1v) is 9.25. The number of benzene rings is 2. The molecule has 2 N–H and O–H groups in total. The van der Waals surface area contributed by atoms with Crippen LogP contribution in [0.4, 0.5) is 5.69 Å². The van der Waals surface area contributed by atoms with E-state index >= 15 is 0 Å². The van der Waals surface area contributed by atoms with Crippen molar-refractivity contribution in [1.29, 1.82) is 0 Å². The first kappa shape index (κ1) is 19.6. The van der Waals surface area contributed by atoms with Crippen LogP contribution >= 0.6 is 11.6 Å². The van der Waals surface area contributed by atoms with Crippen molar-refractivity contribution < 1.29 is 9.59 Å². The number of pyridine rings is 1. The molecule has 3 aromatic rings. The second-order valence-electron chi connectivity index (χ2n) is 6.37. The molecular weight excluding hydrogens is 374 g/mol. The molecule has 0 aliphatic rings. The Morgan fingerprint density at radius 3 is 2.39 bits per heavy atom. The minimum Gasteiger partial charge on any atom is -0.352 e. The molecular formula is C22H20ClN3O2. The van der Waals surface area contributed by atoms with Gasteiger partial charge in [0.25, 0.3) is 11.8 Å². The van der Waals surface area contributed by atoms with Gasteiger partial charge in [-0.2, -0.15) is 0 Å².